The summed E-state index contributed by atoms with van der Waals surface area (Å²) in [6, 6.07) is 16.6. The highest BCUT2D eigenvalue weighted by Crippen LogP contribution is 2.25. The summed E-state index contributed by atoms with van der Waals surface area (Å²) in [5.41, 5.74) is 2.21. The van der Waals surface area contributed by atoms with Crippen LogP contribution in [0.1, 0.15) is 17.2 Å². The topological polar surface area (TPSA) is 20.2 Å². The minimum absolute atomic E-state index is 0.415. The minimum Gasteiger partial charge on any atom is -0.388 e. The summed E-state index contributed by atoms with van der Waals surface area (Å²) < 4.78 is 0. The highest BCUT2D eigenvalue weighted by atomic mass is 32.1. The zero-order valence-corrected chi connectivity index (χ0v) is 10.7. The molecule has 3 aromatic rings. The van der Waals surface area contributed by atoms with Crippen molar-refractivity contribution in [2.45, 2.75) is 12.5 Å². The molecule has 0 fully saturated rings. The van der Waals surface area contributed by atoms with Crippen molar-refractivity contribution in [3.05, 3.63) is 70.4 Å². The zero-order chi connectivity index (χ0) is 12.4. The first-order chi connectivity index (χ1) is 8.84. The van der Waals surface area contributed by atoms with Gasteiger partial charge in [-0.15, -0.1) is 0 Å². The summed E-state index contributed by atoms with van der Waals surface area (Å²) in [7, 11) is 0. The zero-order valence-electron chi connectivity index (χ0n) is 9.91. The third kappa shape index (κ3) is 2.17. The lowest BCUT2D eigenvalue weighted by atomic mass is 9.98. The molecule has 1 unspecified atom stereocenters. The number of rotatable bonds is 3. The third-order valence-corrected chi connectivity index (χ3v) is 3.92. The summed E-state index contributed by atoms with van der Waals surface area (Å²) in [6.45, 7) is 0. The predicted octanol–water partition coefficient (Wildman–Crippen LogP) is 4.18. The van der Waals surface area contributed by atoms with E-state index in [9.17, 15) is 5.11 Å². The Balaban J connectivity index is 1.95. The molecule has 0 saturated carbocycles. The summed E-state index contributed by atoms with van der Waals surface area (Å²) in [5, 5.41) is 16.7. The molecule has 0 amide bonds. The van der Waals surface area contributed by atoms with Crippen molar-refractivity contribution in [1.82, 2.24) is 0 Å². The molecule has 0 aliphatic carbocycles. The van der Waals surface area contributed by atoms with E-state index in [0.29, 0.717) is 6.42 Å². The van der Waals surface area contributed by atoms with Gasteiger partial charge in [0.1, 0.15) is 0 Å². The Bertz CT molecular complexity index is 638. The second-order valence-electron chi connectivity index (χ2n) is 4.41. The van der Waals surface area contributed by atoms with Crippen LogP contribution in [0.4, 0.5) is 0 Å². The average molecular weight is 254 g/mol. The van der Waals surface area contributed by atoms with Gasteiger partial charge in [0.15, 0.2) is 0 Å². The molecule has 0 radical (unpaired) electrons. The highest BCUT2D eigenvalue weighted by molar-refractivity contribution is 7.07. The molecule has 18 heavy (non-hydrogen) atoms. The summed E-state index contributed by atoms with van der Waals surface area (Å²) in [4.78, 5) is 0. The maximum Gasteiger partial charge on any atom is 0.0838 e. The number of thiophene rings is 1. The molecule has 1 aromatic heterocycles. The molecule has 0 aliphatic heterocycles. The van der Waals surface area contributed by atoms with Gasteiger partial charge in [-0.2, -0.15) is 11.3 Å². The van der Waals surface area contributed by atoms with E-state index in [1.807, 2.05) is 29.0 Å². The largest absolute Gasteiger partial charge is 0.388 e. The third-order valence-electron chi connectivity index (χ3n) is 3.22. The van der Waals surface area contributed by atoms with Crippen LogP contribution in [-0.4, -0.2) is 5.11 Å². The molecule has 90 valence electrons. The molecule has 0 spiro atoms. The van der Waals surface area contributed by atoms with Gasteiger partial charge in [0.05, 0.1) is 6.10 Å². The summed E-state index contributed by atoms with van der Waals surface area (Å²) in [6.07, 6.45) is 0.250. The maximum absolute atomic E-state index is 10.2. The van der Waals surface area contributed by atoms with Crippen molar-refractivity contribution in [2.24, 2.45) is 0 Å². The van der Waals surface area contributed by atoms with Gasteiger partial charge in [0.2, 0.25) is 0 Å². The van der Waals surface area contributed by atoms with Crippen LogP contribution in [0.15, 0.2) is 59.3 Å². The molecule has 2 heteroatoms. The molecular weight excluding hydrogens is 240 g/mol. The molecule has 1 heterocycles. The first-order valence-electron chi connectivity index (χ1n) is 6.01. The minimum atomic E-state index is -0.415. The van der Waals surface area contributed by atoms with E-state index in [2.05, 4.69) is 30.3 Å². The van der Waals surface area contributed by atoms with Crippen molar-refractivity contribution >= 4 is 22.1 Å². The fourth-order valence-electron chi connectivity index (χ4n) is 2.26. The van der Waals surface area contributed by atoms with E-state index >= 15 is 0 Å². The monoisotopic (exact) mass is 254 g/mol. The molecule has 1 nitrogen and oxygen atoms in total. The van der Waals surface area contributed by atoms with Crippen LogP contribution in [-0.2, 0) is 6.42 Å². The Morgan fingerprint density at radius 2 is 1.83 bits per heavy atom. The van der Waals surface area contributed by atoms with Crippen LogP contribution >= 0.6 is 11.3 Å². The lowest BCUT2D eigenvalue weighted by molar-refractivity contribution is 0.179. The van der Waals surface area contributed by atoms with E-state index in [1.54, 1.807) is 11.3 Å². The summed E-state index contributed by atoms with van der Waals surface area (Å²) >= 11 is 1.62. The molecule has 0 aliphatic rings. The van der Waals surface area contributed by atoms with Gasteiger partial charge in [-0.05, 0) is 38.7 Å². The van der Waals surface area contributed by atoms with Crippen LogP contribution in [0, 0.1) is 0 Å². The fraction of sp³-hybridized carbons (Fsp3) is 0.125. The van der Waals surface area contributed by atoms with Gasteiger partial charge < -0.3 is 5.11 Å². The fourth-order valence-corrected chi connectivity index (χ4v) is 2.97. The van der Waals surface area contributed by atoms with E-state index in [4.69, 9.17) is 0 Å². The van der Waals surface area contributed by atoms with Crippen molar-refractivity contribution in [3.63, 3.8) is 0 Å². The van der Waals surface area contributed by atoms with E-state index in [0.717, 1.165) is 5.56 Å². The van der Waals surface area contributed by atoms with E-state index < -0.39 is 6.10 Å². The number of hydrogen-bond acceptors (Lipinski definition) is 2. The van der Waals surface area contributed by atoms with Gasteiger partial charge in [-0.1, -0.05) is 42.5 Å². The number of fused-ring (bicyclic) bond motifs is 1. The Morgan fingerprint density at radius 3 is 2.67 bits per heavy atom. The second kappa shape index (κ2) is 4.92. The molecular formula is C16H14OS. The highest BCUT2D eigenvalue weighted by Gasteiger charge is 2.10. The summed E-state index contributed by atoms with van der Waals surface area (Å²) in [5.74, 6) is 0. The quantitative estimate of drug-likeness (QED) is 0.743. The van der Waals surface area contributed by atoms with Crippen molar-refractivity contribution in [3.8, 4) is 0 Å². The predicted molar refractivity (Wildman–Crippen MR) is 76.9 cm³/mol. The Labute approximate surface area is 110 Å². The van der Waals surface area contributed by atoms with E-state index in [1.165, 1.54) is 16.3 Å². The standard InChI is InChI=1S/C16H14OS/c17-16(14-8-9-18-11-14)10-13-6-3-5-12-4-1-2-7-15(12)13/h1-9,11,16-17H,10H2. The number of hydrogen-bond donors (Lipinski definition) is 1. The SMILES string of the molecule is OC(Cc1cccc2ccccc12)c1ccsc1. The van der Waals surface area contributed by atoms with Gasteiger partial charge in [0, 0.05) is 6.42 Å². The van der Waals surface area contributed by atoms with Gasteiger partial charge >= 0.3 is 0 Å². The lowest BCUT2D eigenvalue weighted by Crippen LogP contribution is -2.00. The Kier molecular flexibility index (Phi) is 3.13. The molecule has 2 aromatic carbocycles. The van der Waals surface area contributed by atoms with Gasteiger partial charge in [-0.3, -0.25) is 0 Å². The molecule has 1 N–H and O–H groups in total. The first-order valence-corrected chi connectivity index (χ1v) is 6.95. The Hall–Kier alpha value is -1.64. The first kappa shape index (κ1) is 11.5. The number of aliphatic hydroxyl groups excluding tert-OH is 1. The van der Waals surface area contributed by atoms with Crippen LogP contribution in [0.2, 0.25) is 0 Å². The number of aliphatic hydroxyl groups is 1. The molecule has 0 saturated heterocycles. The molecule has 0 bridgehead atoms. The maximum atomic E-state index is 10.2. The lowest BCUT2D eigenvalue weighted by Gasteiger charge is -2.11. The molecule has 1 atom stereocenters. The van der Waals surface area contributed by atoms with Crippen molar-refractivity contribution in [2.75, 3.05) is 0 Å². The van der Waals surface area contributed by atoms with Gasteiger partial charge in [-0.25, -0.2) is 0 Å². The smallest absolute Gasteiger partial charge is 0.0838 e. The van der Waals surface area contributed by atoms with Crippen LogP contribution in [0.5, 0.6) is 0 Å². The normalized spacial score (nSPS) is 12.7. The van der Waals surface area contributed by atoms with Crippen molar-refractivity contribution in [1.29, 1.82) is 0 Å². The Morgan fingerprint density at radius 1 is 1.00 bits per heavy atom. The van der Waals surface area contributed by atoms with Gasteiger partial charge in [0.25, 0.3) is 0 Å². The van der Waals surface area contributed by atoms with Crippen molar-refractivity contribution < 1.29 is 5.11 Å². The van der Waals surface area contributed by atoms with Crippen LogP contribution in [0.3, 0.4) is 0 Å². The van der Waals surface area contributed by atoms with Crippen LogP contribution in [0.25, 0.3) is 10.8 Å². The second-order valence-corrected chi connectivity index (χ2v) is 5.19. The molecule has 3 rings (SSSR count). The van der Waals surface area contributed by atoms with Crippen LogP contribution < -0.4 is 0 Å². The number of benzene rings is 2. The van der Waals surface area contributed by atoms with E-state index in [-0.39, 0.29) is 0 Å². The average Bonchev–Trinajstić information content (AvgIpc) is 2.93.